The van der Waals surface area contributed by atoms with Crippen molar-refractivity contribution in [2.24, 2.45) is 5.92 Å². The molecule has 240 valence electrons. The first-order valence-electron chi connectivity index (χ1n) is 13.1. The lowest BCUT2D eigenvalue weighted by Gasteiger charge is -2.20. The average Bonchev–Trinajstić information content (AvgIpc) is 3.74. The number of nitrogens with zero attached hydrogens (tertiary/aromatic N) is 2. The molecule has 5 N–H and O–H groups in total. The minimum atomic E-state index is -5.75. The lowest BCUT2D eigenvalue weighted by Crippen LogP contribution is -2.36. The number of ether oxygens (including phenoxy) is 1. The van der Waals surface area contributed by atoms with Gasteiger partial charge < -0.3 is 29.6 Å². The number of aromatic nitrogens is 2. The fraction of sp³-hybridized carbons (Fsp3) is 0.417. The molecular formula is C24H29N2O14P3S. The maximum atomic E-state index is 12.5. The van der Waals surface area contributed by atoms with Crippen LogP contribution in [0, 0.1) is 5.92 Å². The quantitative estimate of drug-likeness (QED) is 0.0926. The van der Waals surface area contributed by atoms with Crippen LogP contribution in [0.3, 0.4) is 0 Å². The van der Waals surface area contributed by atoms with E-state index in [1.165, 1.54) is 18.0 Å². The van der Waals surface area contributed by atoms with Crippen molar-refractivity contribution in [3.05, 3.63) is 70.8 Å². The highest BCUT2D eigenvalue weighted by Crippen LogP contribution is 2.68. The highest BCUT2D eigenvalue weighted by Gasteiger charge is 2.47. The van der Waals surface area contributed by atoms with E-state index in [0.717, 1.165) is 33.9 Å². The van der Waals surface area contributed by atoms with E-state index in [-0.39, 0.29) is 0 Å². The third-order valence-corrected chi connectivity index (χ3v) is 12.0. The Kier molecular flexibility index (Phi) is 10.3. The summed E-state index contributed by atoms with van der Waals surface area (Å²) in [6, 6.07) is 13.8. The van der Waals surface area contributed by atoms with Gasteiger partial charge in [-0.1, -0.05) is 36.4 Å². The zero-order valence-electron chi connectivity index (χ0n) is 22.7. The molecule has 16 nitrogen and oxygen atoms in total. The van der Waals surface area contributed by atoms with E-state index < -0.39 is 66.9 Å². The van der Waals surface area contributed by atoms with Crippen LogP contribution < -0.4 is 5.69 Å². The fourth-order valence-electron chi connectivity index (χ4n) is 4.23. The predicted molar refractivity (Wildman–Crippen MR) is 154 cm³/mol. The molecule has 44 heavy (non-hydrogen) atoms. The van der Waals surface area contributed by atoms with Crippen molar-refractivity contribution in [2.75, 3.05) is 12.4 Å². The second-order valence-electron chi connectivity index (χ2n) is 10.1. The van der Waals surface area contributed by atoms with Crippen molar-refractivity contribution in [1.29, 1.82) is 0 Å². The zero-order valence-corrected chi connectivity index (χ0v) is 26.2. The maximum Gasteiger partial charge on any atom is 0.490 e. The van der Waals surface area contributed by atoms with Crippen LogP contribution in [0.2, 0.25) is 0 Å². The smallest absolute Gasteiger partial charge is 0.387 e. The van der Waals surface area contributed by atoms with Crippen molar-refractivity contribution >= 4 is 46.0 Å². The van der Waals surface area contributed by atoms with Crippen LogP contribution in [0.5, 0.6) is 0 Å². The Balaban J connectivity index is 1.13. The number of phosphoric acid groups is 3. The third kappa shape index (κ3) is 8.93. The molecule has 2 aromatic carbocycles. The molecule has 1 aliphatic carbocycles. The molecule has 4 unspecified atom stereocenters. The molecular weight excluding hydrogens is 665 g/mol. The van der Waals surface area contributed by atoms with Gasteiger partial charge in [0, 0.05) is 11.9 Å². The molecule has 1 aromatic heterocycles. The van der Waals surface area contributed by atoms with Crippen LogP contribution in [-0.2, 0) is 42.7 Å². The molecule has 0 radical (unpaired) electrons. The monoisotopic (exact) mass is 694 g/mol. The van der Waals surface area contributed by atoms with Gasteiger partial charge in [0.15, 0.2) is 6.23 Å². The maximum absolute atomic E-state index is 12.5. The van der Waals surface area contributed by atoms with Gasteiger partial charge in [-0.25, -0.2) is 18.5 Å². The van der Waals surface area contributed by atoms with E-state index >= 15 is 0 Å². The summed E-state index contributed by atoms with van der Waals surface area (Å²) in [4.78, 5) is 46.1. The summed E-state index contributed by atoms with van der Waals surface area (Å²) >= 11 is 1.41. The van der Waals surface area contributed by atoms with Crippen LogP contribution in [0.15, 0.2) is 64.5 Å². The standard InChI is InChI=1S/C24H29N2O14P3S/c27-21-19(38-23(22(21)28)26-10-9-20(25-24(26)29)44-14-15-5-6-15)13-37-42(32,33)40-43(34,35)39-41(30,31)36-12-16-7-8-17-3-1-2-4-18(17)11-16/h1-4,7-11,15,19,21-23,27-28H,5-6,12-14H2,(H,30,31)(H,32,33)(H,34,35)/t19-,21+,22?,23-/m1/s1. The topological polar surface area (TPSA) is 233 Å². The Morgan fingerprint density at radius 3 is 2.27 bits per heavy atom. The Labute approximate surface area is 254 Å². The lowest BCUT2D eigenvalue weighted by atomic mass is 10.1. The van der Waals surface area contributed by atoms with Gasteiger partial charge >= 0.3 is 29.2 Å². The number of phosphoric ester groups is 2. The van der Waals surface area contributed by atoms with Crippen molar-refractivity contribution in [3.8, 4) is 0 Å². The summed E-state index contributed by atoms with van der Waals surface area (Å²) < 4.78 is 60.7. The molecule has 5 rings (SSSR count). The summed E-state index contributed by atoms with van der Waals surface area (Å²) in [7, 11) is -16.6. The first-order chi connectivity index (χ1) is 20.7. The van der Waals surface area contributed by atoms with Crippen LogP contribution >= 0.6 is 35.2 Å². The van der Waals surface area contributed by atoms with Crippen molar-refractivity contribution in [1.82, 2.24) is 9.55 Å². The predicted octanol–water partition coefficient (Wildman–Crippen LogP) is 3.09. The Bertz CT molecular complexity index is 1700. The largest absolute Gasteiger partial charge is 0.490 e. The second kappa shape index (κ2) is 13.5. The van der Waals surface area contributed by atoms with E-state index in [2.05, 4.69) is 18.1 Å². The third-order valence-electron chi connectivity index (χ3n) is 6.60. The van der Waals surface area contributed by atoms with Gasteiger partial charge in [-0.15, -0.1) is 11.8 Å². The summed E-state index contributed by atoms with van der Waals surface area (Å²) in [5.41, 5.74) is -0.349. The highest BCUT2D eigenvalue weighted by molar-refractivity contribution is 7.99. The van der Waals surface area contributed by atoms with Crippen LogP contribution in [0.25, 0.3) is 10.8 Å². The fourth-order valence-corrected chi connectivity index (χ4v) is 8.77. The normalized spacial score (nSPS) is 26.2. The van der Waals surface area contributed by atoms with Gasteiger partial charge in [-0.05, 0) is 47.2 Å². The number of fused-ring (bicyclic) bond motifs is 1. The molecule has 3 aromatic rings. The van der Waals surface area contributed by atoms with E-state index in [0.29, 0.717) is 16.5 Å². The molecule has 7 atom stereocenters. The number of aliphatic hydroxyl groups excluding tert-OH is 2. The van der Waals surface area contributed by atoms with E-state index in [4.69, 9.17) is 9.26 Å². The molecule has 0 amide bonds. The molecule has 1 saturated carbocycles. The lowest BCUT2D eigenvalue weighted by molar-refractivity contribution is -0.0543. The van der Waals surface area contributed by atoms with Gasteiger partial charge in [0.1, 0.15) is 23.3 Å². The molecule has 2 fully saturated rings. The van der Waals surface area contributed by atoms with Crippen LogP contribution in [0.1, 0.15) is 24.6 Å². The molecule has 2 aliphatic rings. The SMILES string of the molecule is O=c1nc(SCC2CC2)ccn1[C@@H]1O[C@H](COP(=O)(O)OP(=O)(O)OP(=O)(O)OCc2ccc3ccccc3c2)[C@H](O)C1O. The Hall–Kier alpha value is -1.78. The molecule has 1 aliphatic heterocycles. The zero-order chi connectivity index (χ0) is 31.7. The van der Waals surface area contributed by atoms with E-state index in [1.54, 1.807) is 36.4 Å². The highest BCUT2D eigenvalue weighted by atomic mass is 32.2. The molecule has 2 heterocycles. The number of thioether (sulfide) groups is 1. The summed E-state index contributed by atoms with van der Waals surface area (Å²) in [6.45, 7) is -1.50. The molecule has 0 spiro atoms. The second-order valence-corrected chi connectivity index (χ2v) is 15.8. The van der Waals surface area contributed by atoms with E-state index in [1.807, 2.05) is 12.1 Å². The number of aliphatic hydroxyl groups is 2. The van der Waals surface area contributed by atoms with Crippen molar-refractivity contribution in [2.45, 2.75) is 49.0 Å². The van der Waals surface area contributed by atoms with Crippen LogP contribution in [0.4, 0.5) is 0 Å². The van der Waals surface area contributed by atoms with Gasteiger partial charge in [-0.3, -0.25) is 13.6 Å². The minimum absolute atomic E-state index is 0.420. The first-order valence-corrected chi connectivity index (χ1v) is 18.6. The molecule has 1 saturated heterocycles. The number of hydrogen-bond donors (Lipinski definition) is 5. The molecule has 0 bridgehead atoms. The Morgan fingerprint density at radius 2 is 1.59 bits per heavy atom. The summed E-state index contributed by atoms with van der Waals surface area (Å²) in [6.07, 6.45) is -2.77. The van der Waals surface area contributed by atoms with Crippen molar-refractivity contribution in [3.63, 3.8) is 0 Å². The average molecular weight is 694 g/mol. The first kappa shape index (κ1) is 33.6. The van der Waals surface area contributed by atoms with Gasteiger partial charge in [-0.2, -0.15) is 13.6 Å². The van der Waals surface area contributed by atoms with Crippen LogP contribution in [-0.4, -0.2) is 65.1 Å². The molecule has 20 heteroatoms. The minimum Gasteiger partial charge on any atom is -0.387 e. The number of benzene rings is 2. The Morgan fingerprint density at radius 1 is 0.909 bits per heavy atom. The number of rotatable bonds is 14. The van der Waals surface area contributed by atoms with Gasteiger partial charge in [0.05, 0.1) is 13.2 Å². The summed E-state index contributed by atoms with van der Waals surface area (Å²) in [5, 5.41) is 23.0. The van der Waals surface area contributed by atoms with E-state index in [9.17, 15) is 43.4 Å². The van der Waals surface area contributed by atoms with Gasteiger partial charge in [0.25, 0.3) is 0 Å². The van der Waals surface area contributed by atoms with Crippen molar-refractivity contribution < 1.29 is 61.0 Å². The van der Waals surface area contributed by atoms with Gasteiger partial charge in [0.2, 0.25) is 0 Å². The summed E-state index contributed by atoms with van der Waals surface area (Å²) in [5.74, 6) is 1.42. The number of hydrogen-bond acceptors (Lipinski definition) is 13.